The van der Waals surface area contributed by atoms with Gasteiger partial charge in [0, 0.05) is 18.1 Å². The van der Waals surface area contributed by atoms with Gasteiger partial charge in [0.05, 0.1) is 17.9 Å². The highest BCUT2D eigenvalue weighted by Crippen LogP contribution is 2.40. The van der Waals surface area contributed by atoms with Gasteiger partial charge in [0.25, 0.3) is 0 Å². The van der Waals surface area contributed by atoms with Crippen LogP contribution in [0.3, 0.4) is 0 Å². The van der Waals surface area contributed by atoms with Gasteiger partial charge in [0.1, 0.15) is 12.2 Å². The number of nitrogens with zero attached hydrogens (tertiary/aromatic N) is 4. The summed E-state index contributed by atoms with van der Waals surface area (Å²) in [5.74, 6) is -1.07. The van der Waals surface area contributed by atoms with Crippen molar-refractivity contribution in [1.82, 2.24) is 15.0 Å². The molecule has 1 aliphatic heterocycles. The molecule has 2 heterocycles. The van der Waals surface area contributed by atoms with E-state index < -0.39 is 5.97 Å². The van der Waals surface area contributed by atoms with E-state index in [2.05, 4.69) is 10.3 Å². The lowest BCUT2D eigenvalue weighted by Gasteiger charge is -2.27. The molecule has 1 aromatic heterocycles. The molecule has 0 aliphatic carbocycles. The molecule has 1 aliphatic rings. The van der Waals surface area contributed by atoms with Gasteiger partial charge in [-0.25, -0.2) is 4.68 Å². The molecule has 0 spiro atoms. The molecule has 26 heavy (non-hydrogen) atoms. The molecule has 3 aromatic rings. The lowest BCUT2D eigenvalue weighted by molar-refractivity contribution is -0.137. The first-order valence-electron chi connectivity index (χ1n) is 8.17. The molecular weight excluding hydrogens is 332 g/mol. The van der Waals surface area contributed by atoms with Crippen molar-refractivity contribution in [3.05, 3.63) is 54.1 Å². The summed E-state index contributed by atoms with van der Waals surface area (Å²) >= 11 is 0. The average Bonchev–Trinajstić information content (AvgIpc) is 3.00. The molecule has 0 saturated carbocycles. The summed E-state index contributed by atoms with van der Waals surface area (Å²) in [6.45, 7) is 1.64. The number of carbonyl (C=O) groups is 2. The Morgan fingerprint density at radius 2 is 1.77 bits per heavy atom. The molecule has 0 saturated heterocycles. The number of carbonyl (C=O) groups excluding carboxylic acids is 1. The summed E-state index contributed by atoms with van der Waals surface area (Å²) in [6.07, 6.45) is 0. The second-order valence-electron chi connectivity index (χ2n) is 6.12. The lowest BCUT2D eigenvalue weighted by atomic mass is 9.95. The first-order valence-corrected chi connectivity index (χ1v) is 8.17. The minimum atomic E-state index is -0.990. The monoisotopic (exact) mass is 348 g/mol. The Kier molecular flexibility index (Phi) is 3.76. The van der Waals surface area contributed by atoms with Crippen molar-refractivity contribution in [2.45, 2.75) is 20.0 Å². The fourth-order valence-electron chi connectivity index (χ4n) is 3.33. The van der Waals surface area contributed by atoms with Crippen LogP contribution in [-0.2, 0) is 22.7 Å². The van der Waals surface area contributed by atoms with E-state index in [1.54, 1.807) is 4.90 Å². The summed E-state index contributed by atoms with van der Waals surface area (Å²) in [5, 5.41) is 17.6. The third kappa shape index (κ3) is 2.54. The van der Waals surface area contributed by atoms with Gasteiger partial charge in [-0.15, -0.1) is 5.10 Å². The van der Waals surface area contributed by atoms with Gasteiger partial charge in [-0.1, -0.05) is 47.7 Å². The van der Waals surface area contributed by atoms with Gasteiger partial charge in [0.2, 0.25) is 5.91 Å². The first kappa shape index (κ1) is 16.0. The molecule has 0 unspecified atom stereocenters. The van der Waals surface area contributed by atoms with Crippen LogP contribution in [0.2, 0.25) is 0 Å². The van der Waals surface area contributed by atoms with Crippen molar-refractivity contribution in [2.24, 2.45) is 0 Å². The van der Waals surface area contributed by atoms with E-state index >= 15 is 0 Å². The van der Waals surface area contributed by atoms with Crippen LogP contribution in [0.25, 0.3) is 22.5 Å². The Hall–Kier alpha value is -3.48. The number of aliphatic carboxylic acids is 1. The number of benzene rings is 2. The van der Waals surface area contributed by atoms with E-state index in [0.717, 1.165) is 22.4 Å². The molecule has 4 rings (SSSR count). The summed E-state index contributed by atoms with van der Waals surface area (Å²) < 4.78 is 1.40. The van der Waals surface area contributed by atoms with Crippen molar-refractivity contribution in [2.75, 3.05) is 4.90 Å². The average molecular weight is 348 g/mol. The molecule has 0 bridgehead atoms. The molecule has 1 amide bonds. The van der Waals surface area contributed by atoms with Crippen molar-refractivity contribution >= 4 is 17.6 Å². The summed E-state index contributed by atoms with van der Waals surface area (Å²) in [5.41, 5.74) is 4.45. The zero-order valence-electron chi connectivity index (χ0n) is 14.1. The van der Waals surface area contributed by atoms with Gasteiger partial charge in [-0.2, -0.15) is 0 Å². The fraction of sp³-hybridized carbons (Fsp3) is 0.158. The zero-order chi connectivity index (χ0) is 18.3. The maximum Gasteiger partial charge on any atom is 0.325 e. The summed E-state index contributed by atoms with van der Waals surface area (Å²) in [6, 6.07) is 15.1. The molecule has 2 aromatic carbocycles. The Morgan fingerprint density at radius 3 is 2.50 bits per heavy atom. The molecule has 0 fully saturated rings. The van der Waals surface area contributed by atoms with E-state index in [9.17, 15) is 14.7 Å². The Morgan fingerprint density at radius 1 is 1.08 bits per heavy atom. The maximum atomic E-state index is 12.3. The third-order valence-corrected chi connectivity index (χ3v) is 4.45. The van der Waals surface area contributed by atoms with Gasteiger partial charge in [-0.3, -0.25) is 9.59 Å². The van der Waals surface area contributed by atoms with Gasteiger partial charge < -0.3 is 10.0 Å². The first-order chi connectivity index (χ1) is 12.6. The predicted octanol–water partition coefficient (Wildman–Crippen LogP) is 2.56. The normalized spacial score (nSPS) is 12.4. The molecule has 1 N–H and O–H groups in total. The number of hydrogen-bond acceptors (Lipinski definition) is 4. The fourth-order valence-corrected chi connectivity index (χ4v) is 3.33. The van der Waals surface area contributed by atoms with E-state index in [1.165, 1.54) is 11.6 Å². The number of carboxylic acid groups (broad SMARTS) is 1. The quantitative estimate of drug-likeness (QED) is 0.769. The van der Waals surface area contributed by atoms with Gasteiger partial charge >= 0.3 is 5.97 Å². The molecule has 0 radical (unpaired) electrons. The minimum absolute atomic E-state index is 0.0753. The van der Waals surface area contributed by atoms with E-state index in [0.29, 0.717) is 17.9 Å². The van der Waals surface area contributed by atoms with E-state index in [-0.39, 0.29) is 12.5 Å². The van der Waals surface area contributed by atoms with Crippen LogP contribution in [0.4, 0.5) is 5.69 Å². The van der Waals surface area contributed by atoms with Crippen molar-refractivity contribution in [3.8, 4) is 22.5 Å². The second-order valence-corrected chi connectivity index (χ2v) is 6.12. The molecule has 7 nitrogen and oxygen atoms in total. The van der Waals surface area contributed by atoms with Crippen LogP contribution in [0, 0.1) is 0 Å². The van der Waals surface area contributed by atoms with Gasteiger partial charge in [-0.05, 0) is 11.6 Å². The second kappa shape index (κ2) is 6.11. The number of para-hydroxylation sites is 1. The summed E-state index contributed by atoms with van der Waals surface area (Å²) in [7, 11) is 0. The number of aromatic nitrogens is 3. The molecular formula is C19H16N4O3. The van der Waals surface area contributed by atoms with Crippen LogP contribution in [-0.4, -0.2) is 32.0 Å². The highest BCUT2D eigenvalue weighted by Gasteiger charge is 2.28. The largest absolute Gasteiger partial charge is 0.480 e. The number of anilines is 1. The van der Waals surface area contributed by atoms with Gasteiger partial charge in [0.15, 0.2) is 0 Å². The minimum Gasteiger partial charge on any atom is -0.480 e. The van der Waals surface area contributed by atoms with Crippen LogP contribution >= 0.6 is 0 Å². The van der Waals surface area contributed by atoms with Crippen LogP contribution in [0.15, 0.2) is 48.5 Å². The van der Waals surface area contributed by atoms with E-state index in [4.69, 9.17) is 0 Å². The van der Waals surface area contributed by atoms with E-state index in [1.807, 2.05) is 48.5 Å². The SMILES string of the molecule is CC(=O)N1Cc2ccccc2-c2c(nnn2CC(=O)O)-c2ccccc21. The number of carboxylic acids is 1. The van der Waals surface area contributed by atoms with Crippen LogP contribution in [0.1, 0.15) is 12.5 Å². The Bertz CT molecular complexity index is 1030. The summed E-state index contributed by atoms with van der Waals surface area (Å²) in [4.78, 5) is 25.3. The zero-order valence-corrected chi connectivity index (χ0v) is 14.1. The van der Waals surface area contributed by atoms with Crippen molar-refractivity contribution < 1.29 is 14.7 Å². The molecule has 130 valence electrons. The third-order valence-electron chi connectivity index (χ3n) is 4.45. The van der Waals surface area contributed by atoms with Crippen molar-refractivity contribution in [1.29, 1.82) is 0 Å². The number of amides is 1. The van der Waals surface area contributed by atoms with Crippen LogP contribution in [0.5, 0.6) is 0 Å². The smallest absolute Gasteiger partial charge is 0.325 e. The Balaban J connectivity index is 2.06. The lowest BCUT2D eigenvalue weighted by Crippen LogP contribution is -2.29. The standard InChI is InChI=1S/C19H16N4O3/c1-12(24)22-10-13-6-2-3-7-14(13)19-18(15-8-4-5-9-16(15)22)20-21-23(19)11-17(25)26/h2-9H,10-11H2,1H3,(H,25,26). The van der Waals surface area contributed by atoms with Crippen molar-refractivity contribution in [3.63, 3.8) is 0 Å². The topological polar surface area (TPSA) is 88.3 Å². The highest BCUT2D eigenvalue weighted by atomic mass is 16.4. The highest BCUT2D eigenvalue weighted by molar-refractivity contribution is 5.99. The molecule has 7 heteroatoms. The number of rotatable bonds is 2. The number of fused-ring (bicyclic) bond motifs is 5. The number of hydrogen-bond donors (Lipinski definition) is 1. The maximum absolute atomic E-state index is 12.3. The Labute approximate surface area is 149 Å². The predicted molar refractivity (Wildman–Crippen MR) is 95.4 cm³/mol. The molecule has 0 atom stereocenters. The van der Waals surface area contributed by atoms with Crippen LogP contribution < -0.4 is 4.90 Å².